The van der Waals surface area contributed by atoms with Gasteiger partial charge in [0, 0.05) is 6.08 Å². The number of thiocarbonyl (C=S) groups is 1. The Morgan fingerprint density at radius 2 is 1.81 bits per heavy atom. The molecule has 2 fully saturated rings. The zero-order valence-corrected chi connectivity index (χ0v) is 22.0. The zero-order chi connectivity index (χ0) is 25.9. The highest BCUT2D eigenvalue weighted by Gasteiger charge is 2.42. The molecule has 2 aromatic rings. The summed E-state index contributed by atoms with van der Waals surface area (Å²) >= 11 is 6.48. The smallest absolute Gasteiger partial charge is 0.336 e. The monoisotopic (exact) mass is 545 g/mol. The van der Waals surface area contributed by atoms with Gasteiger partial charge in [-0.3, -0.25) is 9.69 Å². The van der Waals surface area contributed by atoms with Crippen molar-refractivity contribution in [2.75, 3.05) is 25.7 Å². The first-order valence-electron chi connectivity index (χ1n) is 10.9. The predicted molar refractivity (Wildman–Crippen MR) is 143 cm³/mol. The highest BCUT2D eigenvalue weighted by Crippen LogP contribution is 2.37. The number of hydrogen-bond acceptors (Lipinski definition) is 9. The normalized spacial score (nSPS) is 20.3. The van der Waals surface area contributed by atoms with Crippen LogP contribution in [-0.2, 0) is 19.4 Å². The van der Waals surface area contributed by atoms with Gasteiger partial charge < -0.3 is 14.2 Å². The zero-order valence-electron chi connectivity index (χ0n) is 19.5. The standard InChI is InChI=1S/C25H23NO7S3/c1-31-19-7-3-16(4-8-19)6-10-23(27)33-20-9-5-17(13-21(20)32-2)14-22-24(28)26(25(34)35-22)18-11-12-36(29,30)15-18/h3-10,13-14,18H,11-12,15H2,1-2H3/b10-6+,22-14-. The number of carbonyl (C=O) groups is 2. The van der Waals surface area contributed by atoms with Crippen molar-refractivity contribution in [2.45, 2.75) is 12.5 Å². The molecule has 0 N–H and O–H groups in total. The van der Waals surface area contributed by atoms with E-state index >= 15 is 0 Å². The van der Waals surface area contributed by atoms with Gasteiger partial charge in [-0.15, -0.1) is 0 Å². The van der Waals surface area contributed by atoms with Crippen molar-refractivity contribution in [1.29, 1.82) is 0 Å². The highest BCUT2D eigenvalue weighted by atomic mass is 32.2. The topological polar surface area (TPSA) is 99.2 Å². The summed E-state index contributed by atoms with van der Waals surface area (Å²) in [7, 11) is -0.125. The maximum Gasteiger partial charge on any atom is 0.336 e. The molecule has 2 aromatic carbocycles. The van der Waals surface area contributed by atoms with Crippen LogP contribution < -0.4 is 14.2 Å². The SMILES string of the molecule is COc1ccc(/C=C/C(=O)Oc2ccc(/C=C3\SC(=S)N(C4CCS(=O)(=O)C4)C3=O)cc2OC)cc1. The summed E-state index contributed by atoms with van der Waals surface area (Å²) in [5, 5.41) is 0. The molecule has 0 aromatic heterocycles. The Kier molecular flexibility index (Phi) is 7.82. The van der Waals surface area contributed by atoms with Crippen molar-refractivity contribution in [1.82, 2.24) is 4.90 Å². The number of esters is 1. The maximum absolute atomic E-state index is 12.9. The second kappa shape index (κ2) is 10.9. The Bertz CT molecular complexity index is 1360. The van der Waals surface area contributed by atoms with Crippen LogP contribution in [0.4, 0.5) is 0 Å². The summed E-state index contributed by atoms with van der Waals surface area (Å²) < 4.78 is 39.9. The summed E-state index contributed by atoms with van der Waals surface area (Å²) in [5.41, 5.74) is 1.45. The number of rotatable bonds is 7. The van der Waals surface area contributed by atoms with Gasteiger partial charge in [0.2, 0.25) is 0 Å². The van der Waals surface area contributed by atoms with Crippen molar-refractivity contribution < 1.29 is 32.2 Å². The molecule has 36 heavy (non-hydrogen) atoms. The van der Waals surface area contributed by atoms with Crippen molar-refractivity contribution >= 4 is 62.2 Å². The van der Waals surface area contributed by atoms with Gasteiger partial charge in [0.25, 0.3) is 5.91 Å². The summed E-state index contributed by atoms with van der Waals surface area (Å²) in [6, 6.07) is 11.7. The van der Waals surface area contributed by atoms with Crippen LogP contribution in [0.1, 0.15) is 17.5 Å². The number of benzene rings is 2. The Morgan fingerprint density at radius 1 is 1.08 bits per heavy atom. The van der Waals surface area contributed by atoms with Gasteiger partial charge >= 0.3 is 5.97 Å². The van der Waals surface area contributed by atoms with Crippen molar-refractivity contribution in [2.24, 2.45) is 0 Å². The van der Waals surface area contributed by atoms with E-state index in [0.717, 1.165) is 17.3 Å². The second-order valence-electron chi connectivity index (χ2n) is 8.05. The molecular formula is C25H23NO7S3. The minimum Gasteiger partial charge on any atom is -0.497 e. The van der Waals surface area contributed by atoms with Crippen LogP contribution in [0.25, 0.3) is 12.2 Å². The number of amides is 1. The Balaban J connectivity index is 1.45. The number of sulfone groups is 1. The third-order valence-electron chi connectivity index (χ3n) is 5.62. The molecule has 188 valence electrons. The first-order chi connectivity index (χ1) is 17.2. The number of ether oxygens (including phenoxy) is 3. The van der Waals surface area contributed by atoms with E-state index in [1.807, 2.05) is 12.1 Å². The summed E-state index contributed by atoms with van der Waals surface area (Å²) in [5.74, 6) is 0.339. The molecule has 0 bridgehead atoms. The van der Waals surface area contributed by atoms with Gasteiger partial charge in [-0.25, -0.2) is 13.2 Å². The molecular weight excluding hydrogens is 522 g/mol. The summed E-state index contributed by atoms with van der Waals surface area (Å²) in [6.07, 6.45) is 4.97. The molecule has 0 spiro atoms. The van der Waals surface area contributed by atoms with Crippen LogP contribution in [0.2, 0.25) is 0 Å². The largest absolute Gasteiger partial charge is 0.497 e. The van der Waals surface area contributed by atoms with Gasteiger partial charge in [0.1, 0.15) is 10.1 Å². The third-order valence-corrected chi connectivity index (χ3v) is 8.70. The fourth-order valence-corrected chi connectivity index (χ4v) is 6.91. The third kappa shape index (κ3) is 5.97. The van der Waals surface area contributed by atoms with Crippen molar-refractivity contribution in [3.05, 3.63) is 64.6 Å². The van der Waals surface area contributed by atoms with E-state index in [-0.39, 0.29) is 23.2 Å². The summed E-state index contributed by atoms with van der Waals surface area (Å²) in [4.78, 5) is 27.1. The van der Waals surface area contributed by atoms with Crippen LogP contribution in [0.15, 0.2) is 53.4 Å². The van der Waals surface area contributed by atoms with Gasteiger partial charge in [0.15, 0.2) is 21.3 Å². The van der Waals surface area contributed by atoms with Crippen LogP contribution in [0, 0.1) is 0 Å². The fourth-order valence-electron chi connectivity index (χ4n) is 3.80. The van der Waals surface area contributed by atoms with E-state index in [2.05, 4.69) is 0 Å². The average molecular weight is 546 g/mol. The molecule has 11 heteroatoms. The second-order valence-corrected chi connectivity index (χ2v) is 12.0. The van der Waals surface area contributed by atoms with Crippen LogP contribution in [0.3, 0.4) is 0 Å². The van der Waals surface area contributed by atoms with Gasteiger partial charge in [0.05, 0.1) is 36.7 Å². The van der Waals surface area contributed by atoms with Gasteiger partial charge in [-0.2, -0.15) is 0 Å². The lowest BCUT2D eigenvalue weighted by atomic mass is 10.1. The van der Waals surface area contributed by atoms with E-state index in [0.29, 0.717) is 32.7 Å². The van der Waals surface area contributed by atoms with Crippen LogP contribution >= 0.6 is 24.0 Å². The Hall–Kier alpha value is -3.15. The molecule has 0 radical (unpaired) electrons. The van der Waals surface area contributed by atoms with E-state index in [4.69, 9.17) is 26.4 Å². The van der Waals surface area contributed by atoms with Crippen molar-refractivity contribution in [3.63, 3.8) is 0 Å². The highest BCUT2D eigenvalue weighted by molar-refractivity contribution is 8.26. The Morgan fingerprint density at radius 3 is 2.44 bits per heavy atom. The quantitative estimate of drug-likeness (QED) is 0.223. The lowest BCUT2D eigenvalue weighted by molar-refractivity contribution is -0.129. The molecule has 2 aliphatic rings. The molecule has 1 amide bonds. The van der Waals surface area contributed by atoms with Crippen molar-refractivity contribution in [3.8, 4) is 17.2 Å². The molecule has 0 aliphatic carbocycles. The van der Waals surface area contributed by atoms with E-state index < -0.39 is 21.8 Å². The van der Waals surface area contributed by atoms with Gasteiger partial charge in [-0.05, 0) is 54.0 Å². The molecule has 2 saturated heterocycles. The minimum atomic E-state index is -3.15. The number of nitrogens with zero attached hydrogens (tertiary/aromatic N) is 1. The number of thioether (sulfide) groups is 1. The van der Waals surface area contributed by atoms with Gasteiger partial charge in [-0.1, -0.05) is 42.2 Å². The first-order valence-corrected chi connectivity index (χ1v) is 13.9. The van der Waals surface area contributed by atoms with E-state index in [1.165, 1.54) is 18.1 Å². The van der Waals surface area contributed by atoms with Crippen LogP contribution in [-0.4, -0.2) is 61.3 Å². The minimum absolute atomic E-state index is 0.0560. The lowest BCUT2D eigenvalue weighted by Crippen LogP contribution is -2.39. The predicted octanol–water partition coefficient (Wildman–Crippen LogP) is 3.71. The van der Waals surface area contributed by atoms with E-state index in [9.17, 15) is 18.0 Å². The molecule has 2 heterocycles. The number of hydrogen-bond donors (Lipinski definition) is 0. The summed E-state index contributed by atoms with van der Waals surface area (Å²) in [6.45, 7) is 0. The maximum atomic E-state index is 12.9. The number of carbonyl (C=O) groups excluding carboxylic acids is 2. The molecule has 8 nitrogen and oxygen atoms in total. The fraction of sp³-hybridized carbons (Fsp3) is 0.240. The number of methoxy groups -OCH3 is 2. The first kappa shape index (κ1) is 25.9. The molecule has 1 atom stereocenters. The average Bonchev–Trinajstić information content (AvgIpc) is 3.35. The molecule has 2 aliphatic heterocycles. The van der Waals surface area contributed by atoms with E-state index in [1.54, 1.807) is 49.6 Å². The molecule has 0 saturated carbocycles. The Labute approximate surface area is 218 Å². The molecule has 1 unspecified atom stereocenters. The van der Waals surface area contributed by atoms with Crippen LogP contribution in [0.5, 0.6) is 17.2 Å². The lowest BCUT2D eigenvalue weighted by Gasteiger charge is -2.20. The molecule has 4 rings (SSSR count).